The smallest absolute Gasteiger partial charge is 0.0113 e. The summed E-state index contributed by atoms with van der Waals surface area (Å²) in [5.41, 5.74) is 0. The molecule has 100 valence electrons. The van der Waals surface area contributed by atoms with Crippen molar-refractivity contribution >= 4 is 0 Å². The van der Waals surface area contributed by atoms with Gasteiger partial charge in [-0.3, -0.25) is 4.90 Å². The molecule has 2 rings (SSSR count). The Morgan fingerprint density at radius 3 is 2.59 bits per heavy atom. The number of hydrogen-bond acceptors (Lipinski definition) is 3. The standard InChI is InChI=1S/C14H29N3/c1-3-13(2)17-11-9-16(10-12-17)8-6-14-5-4-7-15-14/h13-15H,3-12H2,1-2H3. The van der Waals surface area contributed by atoms with E-state index in [1.165, 1.54) is 65.0 Å². The summed E-state index contributed by atoms with van der Waals surface area (Å²) in [4.78, 5) is 5.29. The van der Waals surface area contributed by atoms with Crippen molar-refractivity contribution in [2.45, 2.75) is 51.6 Å². The quantitative estimate of drug-likeness (QED) is 0.785. The number of nitrogens with zero attached hydrogens (tertiary/aromatic N) is 2. The summed E-state index contributed by atoms with van der Waals surface area (Å²) >= 11 is 0. The Labute approximate surface area is 107 Å². The first kappa shape index (κ1) is 13.3. The van der Waals surface area contributed by atoms with Crippen LogP contribution in [0.3, 0.4) is 0 Å². The Hall–Kier alpha value is -0.120. The second-order valence-corrected chi connectivity index (χ2v) is 5.72. The van der Waals surface area contributed by atoms with E-state index in [0.717, 1.165) is 12.1 Å². The fourth-order valence-corrected chi connectivity index (χ4v) is 3.03. The minimum atomic E-state index is 0.772. The van der Waals surface area contributed by atoms with Gasteiger partial charge >= 0.3 is 0 Å². The van der Waals surface area contributed by atoms with E-state index in [0.29, 0.717) is 0 Å². The lowest BCUT2D eigenvalue weighted by molar-refractivity contribution is 0.0982. The second kappa shape index (κ2) is 6.72. The summed E-state index contributed by atoms with van der Waals surface area (Å²) in [7, 11) is 0. The first-order chi connectivity index (χ1) is 8.29. The molecular formula is C14H29N3. The fourth-order valence-electron chi connectivity index (χ4n) is 3.03. The zero-order valence-corrected chi connectivity index (χ0v) is 11.6. The highest BCUT2D eigenvalue weighted by molar-refractivity contribution is 4.79. The van der Waals surface area contributed by atoms with Crippen LogP contribution in [0.2, 0.25) is 0 Å². The van der Waals surface area contributed by atoms with Crippen molar-refractivity contribution in [2.75, 3.05) is 39.3 Å². The molecule has 0 bridgehead atoms. The normalized spacial score (nSPS) is 29.6. The monoisotopic (exact) mass is 239 g/mol. The molecule has 0 aromatic carbocycles. The maximum absolute atomic E-state index is 3.60. The van der Waals surface area contributed by atoms with Crippen LogP contribution in [0.25, 0.3) is 0 Å². The van der Waals surface area contributed by atoms with Gasteiger partial charge in [0.1, 0.15) is 0 Å². The van der Waals surface area contributed by atoms with Crippen LogP contribution < -0.4 is 5.32 Å². The minimum absolute atomic E-state index is 0.772. The summed E-state index contributed by atoms with van der Waals surface area (Å²) in [5, 5.41) is 3.60. The fraction of sp³-hybridized carbons (Fsp3) is 1.00. The molecule has 0 aliphatic carbocycles. The van der Waals surface area contributed by atoms with Gasteiger partial charge in [-0.2, -0.15) is 0 Å². The average Bonchev–Trinajstić information content (AvgIpc) is 2.89. The van der Waals surface area contributed by atoms with Crippen LogP contribution in [0, 0.1) is 0 Å². The summed E-state index contributed by atoms with van der Waals surface area (Å²) in [6.07, 6.45) is 5.41. The van der Waals surface area contributed by atoms with Gasteiger partial charge < -0.3 is 10.2 Å². The lowest BCUT2D eigenvalue weighted by Gasteiger charge is -2.38. The van der Waals surface area contributed by atoms with E-state index >= 15 is 0 Å². The Morgan fingerprint density at radius 2 is 2.00 bits per heavy atom. The number of nitrogens with one attached hydrogen (secondary N) is 1. The molecule has 2 fully saturated rings. The molecule has 2 saturated heterocycles. The minimum Gasteiger partial charge on any atom is -0.314 e. The Kier molecular flexibility index (Phi) is 5.26. The molecule has 2 atom stereocenters. The zero-order valence-electron chi connectivity index (χ0n) is 11.6. The van der Waals surface area contributed by atoms with Crippen LogP contribution in [0.1, 0.15) is 39.5 Å². The van der Waals surface area contributed by atoms with E-state index in [4.69, 9.17) is 0 Å². The Balaban J connectivity index is 1.61. The number of rotatable bonds is 5. The molecule has 3 heteroatoms. The van der Waals surface area contributed by atoms with E-state index in [-0.39, 0.29) is 0 Å². The average molecular weight is 239 g/mol. The van der Waals surface area contributed by atoms with Crippen LogP contribution in [-0.4, -0.2) is 61.2 Å². The third-order valence-electron chi connectivity index (χ3n) is 4.58. The van der Waals surface area contributed by atoms with E-state index in [2.05, 4.69) is 29.0 Å². The van der Waals surface area contributed by atoms with Gasteiger partial charge in [0.25, 0.3) is 0 Å². The van der Waals surface area contributed by atoms with E-state index in [1.807, 2.05) is 0 Å². The van der Waals surface area contributed by atoms with Crippen LogP contribution in [0.4, 0.5) is 0 Å². The van der Waals surface area contributed by atoms with Crippen molar-refractivity contribution in [1.29, 1.82) is 0 Å². The van der Waals surface area contributed by atoms with E-state index in [1.54, 1.807) is 0 Å². The van der Waals surface area contributed by atoms with Crippen LogP contribution >= 0.6 is 0 Å². The van der Waals surface area contributed by atoms with E-state index in [9.17, 15) is 0 Å². The molecule has 3 nitrogen and oxygen atoms in total. The lowest BCUT2D eigenvalue weighted by Crippen LogP contribution is -2.50. The highest BCUT2D eigenvalue weighted by atomic mass is 15.3. The predicted octanol–water partition coefficient (Wildman–Crippen LogP) is 1.54. The second-order valence-electron chi connectivity index (χ2n) is 5.72. The van der Waals surface area contributed by atoms with Crippen molar-refractivity contribution in [3.05, 3.63) is 0 Å². The summed E-state index contributed by atoms with van der Waals surface area (Å²) in [6.45, 7) is 12.3. The summed E-state index contributed by atoms with van der Waals surface area (Å²) in [5.74, 6) is 0. The lowest BCUT2D eigenvalue weighted by atomic mass is 10.1. The Morgan fingerprint density at radius 1 is 1.24 bits per heavy atom. The third-order valence-corrected chi connectivity index (χ3v) is 4.58. The van der Waals surface area contributed by atoms with Gasteiger partial charge in [0.05, 0.1) is 0 Å². The van der Waals surface area contributed by atoms with Gasteiger partial charge in [-0.25, -0.2) is 0 Å². The molecule has 1 N–H and O–H groups in total. The largest absolute Gasteiger partial charge is 0.314 e. The van der Waals surface area contributed by atoms with Crippen LogP contribution in [0.5, 0.6) is 0 Å². The Bertz CT molecular complexity index is 206. The number of hydrogen-bond donors (Lipinski definition) is 1. The van der Waals surface area contributed by atoms with Crippen LogP contribution in [-0.2, 0) is 0 Å². The first-order valence-electron chi connectivity index (χ1n) is 7.49. The predicted molar refractivity (Wildman–Crippen MR) is 73.4 cm³/mol. The van der Waals surface area contributed by atoms with Gasteiger partial charge in [0.2, 0.25) is 0 Å². The van der Waals surface area contributed by atoms with Crippen molar-refractivity contribution in [1.82, 2.24) is 15.1 Å². The SMILES string of the molecule is CCC(C)N1CCN(CCC2CCCN2)CC1. The number of piperazine rings is 1. The van der Waals surface area contributed by atoms with Crippen molar-refractivity contribution in [2.24, 2.45) is 0 Å². The van der Waals surface area contributed by atoms with Gasteiger partial charge in [0, 0.05) is 38.3 Å². The van der Waals surface area contributed by atoms with Gasteiger partial charge in [-0.05, 0) is 45.7 Å². The van der Waals surface area contributed by atoms with Crippen molar-refractivity contribution in [3.63, 3.8) is 0 Å². The zero-order chi connectivity index (χ0) is 12.1. The van der Waals surface area contributed by atoms with E-state index < -0.39 is 0 Å². The highest BCUT2D eigenvalue weighted by Gasteiger charge is 2.21. The maximum atomic E-state index is 3.60. The molecule has 0 amide bonds. The molecule has 0 radical (unpaired) electrons. The molecule has 2 aliphatic heterocycles. The maximum Gasteiger partial charge on any atom is 0.0113 e. The van der Waals surface area contributed by atoms with Gasteiger partial charge in [-0.15, -0.1) is 0 Å². The van der Waals surface area contributed by atoms with Gasteiger partial charge in [-0.1, -0.05) is 6.92 Å². The highest BCUT2D eigenvalue weighted by Crippen LogP contribution is 2.12. The summed E-state index contributed by atoms with van der Waals surface area (Å²) in [6, 6.07) is 1.58. The molecule has 0 saturated carbocycles. The van der Waals surface area contributed by atoms with Crippen LogP contribution in [0.15, 0.2) is 0 Å². The molecule has 0 spiro atoms. The molecule has 2 aliphatic rings. The molecule has 2 unspecified atom stereocenters. The molecule has 2 heterocycles. The molecule has 0 aromatic rings. The topological polar surface area (TPSA) is 18.5 Å². The molecule has 0 aromatic heterocycles. The molecule has 17 heavy (non-hydrogen) atoms. The third kappa shape index (κ3) is 3.94. The van der Waals surface area contributed by atoms with Crippen molar-refractivity contribution in [3.8, 4) is 0 Å². The first-order valence-corrected chi connectivity index (χ1v) is 7.49. The summed E-state index contributed by atoms with van der Waals surface area (Å²) < 4.78 is 0. The molecular weight excluding hydrogens is 210 g/mol. The van der Waals surface area contributed by atoms with Gasteiger partial charge in [0.15, 0.2) is 0 Å². The van der Waals surface area contributed by atoms with Crippen molar-refractivity contribution < 1.29 is 0 Å².